The number of amides is 1. The van der Waals surface area contributed by atoms with Crippen molar-refractivity contribution in [1.29, 1.82) is 0 Å². The lowest BCUT2D eigenvalue weighted by molar-refractivity contribution is -0.385. The van der Waals surface area contributed by atoms with E-state index in [1.54, 1.807) is 19.1 Å². The normalized spacial score (nSPS) is 10.4. The molecule has 0 heterocycles. The lowest BCUT2D eigenvalue weighted by Crippen LogP contribution is -2.39. The number of nitro groups is 1. The number of nitrogens with zero attached hydrogens (tertiary/aromatic N) is 2. The number of carbonyl (C=O) groups is 2. The van der Waals surface area contributed by atoms with Crippen LogP contribution < -0.4 is 9.64 Å². The zero-order valence-electron chi connectivity index (χ0n) is 16.0. The Morgan fingerprint density at radius 2 is 1.82 bits per heavy atom. The van der Waals surface area contributed by atoms with Gasteiger partial charge in [-0.25, -0.2) is 4.79 Å². The van der Waals surface area contributed by atoms with Crippen LogP contribution in [0, 0.1) is 10.1 Å². The summed E-state index contributed by atoms with van der Waals surface area (Å²) in [5.41, 5.74) is 0.324. The van der Waals surface area contributed by atoms with E-state index in [1.807, 2.05) is 32.0 Å². The summed E-state index contributed by atoms with van der Waals surface area (Å²) in [4.78, 5) is 36.9. The smallest absolute Gasteiger partial charge is 0.338 e. The average molecular weight is 386 g/mol. The van der Waals surface area contributed by atoms with E-state index in [4.69, 9.17) is 9.47 Å². The molecule has 0 aliphatic heterocycles. The van der Waals surface area contributed by atoms with Crippen LogP contribution in [-0.2, 0) is 9.53 Å². The van der Waals surface area contributed by atoms with E-state index in [9.17, 15) is 19.7 Å². The molecule has 28 heavy (non-hydrogen) atoms. The Hall–Kier alpha value is -3.42. The molecule has 2 aromatic rings. The van der Waals surface area contributed by atoms with Gasteiger partial charge in [-0.15, -0.1) is 0 Å². The first-order valence-corrected chi connectivity index (χ1v) is 8.80. The number of rotatable bonds is 8. The quantitative estimate of drug-likeness (QED) is 0.390. The first-order chi connectivity index (χ1) is 13.3. The van der Waals surface area contributed by atoms with Gasteiger partial charge in [0.1, 0.15) is 0 Å². The van der Waals surface area contributed by atoms with Gasteiger partial charge in [0, 0.05) is 17.8 Å². The Morgan fingerprint density at radius 3 is 2.39 bits per heavy atom. The maximum absolute atomic E-state index is 12.6. The number of ether oxygens (including phenoxy) is 2. The minimum absolute atomic E-state index is 0.0289. The van der Waals surface area contributed by atoms with Gasteiger partial charge < -0.3 is 14.4 Å². The van der Waals surface area contributed by atoms with E-state index in [2.05, 4.69) is 0 Å². The second-order valence-corrected chi connectivity index (χ2v) is 6.14. The van der Waals surface area contributed by atoms with Gasteiger partial charge in [-0.2, -0.15) is 0 Å². The molecular formula is C20H22N2O6. The molecular weight excluding hydrogens is 364 g/mol. The predicted molar refractivity (Wildman–Crippen MR) is 104 cm³/mol. The minimum atomic E-state index is -0.823. The number of hydrogen-bond donors (Lipinski definition) is 0. The summed E-state index contributed by atoms with van der Waals surface area (Å²) < 4.78 is 10.3. The molecule has 0 aliphatic rings. The molecule has 0 N–H and O–H groups in total. The van der Waals surface area contributed by atoms with Crippen LogP contribution in [0.1, 0.15) is 31.1 Å². The van der Waals surface area contributed by atoms with Gasteiger partial charge >= 0.3 is 11.7 Å². The molecule has 0 aliphatic carbocycles. The van der Waals surface area contributed by atoms with Crippen molar-refractivity contribution in [2.45, 2.75) is 26.8 Å². The van der Waals surface area contributed by atoms with Crippen LogP contribution in [0.5, 0.6) is 5.75 Å². The second kappa shape index (κ2) is 9.50. The Bertz CT molecular complexity index is 851. The van der Waals surface area contributed by atoms with Gasteiger partial charge in [-0.1, -0.05) is 18.2 Å². The van der Waals surface area contributed by atoms with Crippen LogP contribution in [-0.4, -0.2) is 36.1 Å². The van der Waals surface area contributed by atoms with E-state index in [-0.39, 0.29) is 29.6 Å². The Morgan fingerprint density at radius 1 is 1.14 bits per heavy atom. The summed E-state index contributed by atoms with van der Waals surface area (Å²) in [7, 11) is 0. The lowest BCUT2D eigenvalue weighted by atomic mass is 10.2. The molecule has 0 fully saturated rings. The van der Waals surface area contributed by atoms with E-state index in [1.165, 1.54) is 17.0 Å². The summed E-state index contributed by atoms with van der Waals surface area (Å²) >= 11 is 0. The van der Waals surface area contributed by atoms with Crippen molar-refractivity contribution in [2.75, 3.05) is 18.1 Å². The number of nitro benzene ring substituents is 1. The Labute approximate surface area is 162 Å². The summed E-state index contributed by atoms with van der Waals surface area (Å²) in [6.45, 7) is 5.17. The van der Waals surface area contributed by atoms with Crippen LogP contribution >= 0.6 is 0 Å². The molecule has 1 amide bonds. The molecule has 0 saturated heterocycles. The van der Waals surface area contributed by atoms with Gasteiger partial charge in [0.15, 0.2) is 12.4 Å². The largest absolute Gasteiger partial charge is 0.487 e. The van der Waals surface area contributed by atoms with E-state index in [0.29, 0.717) is 5.69 Å². The predicted octanol–water partition coefficient (Wildman–Crippen LogP) is 3.59. The summed E-state index contributed by atoms with van der Waals surface area (Å²) in [6.07, 6.45) is 0. The monoisotopic (exact) mass is 386 g/mol. The fourth-order valence-electron chi connectivity index (χ4n) is 2.66. The van der Waals surface area contributed by atoms with E-state index < -0.39 is 23.4 Å². The fraction of sp³-hybridized carbons (Fsp3) is 0.300. The van der Waals surface area contributed by atoms with Crippen LogP contribution in [0.25, 0.3) is 0 Å². The molecule has 0 aromatic heterocycles. The third-order valence-corrected chi connectivity index (χ3v) is 3.84. The van der Waals surface area contributed by atoms with Gasteiger partial charge in [-0.3, -0.25) is 14.9 Å². The van der Waals surface area contributed by atoms with Crippen LogP contribution in [0.2, 0.25) is 0 Å². The fourth-order valence-corrected chi connectivity index (χ4v) is 2.66. The summed E-state index contributed by atoms with van der Waals surface area (Å²) in [5.74, 6) is -1.15. The number of carbonyl (C=O) groups excluding carboxylic acids is 2. The van der Waals surface area contributed by atoms with Crippen LogP contribution in [0.15, 0.2) is 48.5 Å². The highest BCUT2D eigenvalue weighted by molar-refractivity contribution is 5.97. The highest BCUT2D eigenvalue weighted by Crippen LogP contribution is 2.28. The first-order valence-electron chi connectivity index (χ1n) is 8.80. The van der Waals surface area contributed by atoms with Crippen molar-refractivity contribution in [3.8, 4) is 5.75 Å². The average Bonchev–Trinajstić information content (AvgIpc) is 2.67. The van der Waals surface area contributed by atoms with Crippen LogP contribution in [0.3, 0.4) is 0 Å². The maximum Gasteiger partial charge on any atom is 0.338 e. The van der Waals surface area contributed by atoms with Gasteiger partial charge in [0.25, 0.3) is 5.91 Å². The highest BCUT2D eigenvalue weighted by Gasteiger charge is 2.23. The van der Waals surface area contributed by atoms with Gasteiger partial charge in [0.05, 0.1) is 17.1 Å². The SMILES string of the molecule is CCOc1ccc(C(=O)OCC(=O)N(c2ccccc2)C(C)C)cc1[N+](=O)[O-]. The Balaban J connectivity index is 2.11. The first kappa shape index (κ1) is 20.9. The van der Waals surface area contributed by atoms with Crippen molar-refractivity contribution >= 4 is 23.3 Å². The van der Waals surface area contributed by atoms with Crippen molar-refractivity contribution in [3.63, 3.8) is 0 Å². The van der Waals surface area contributed by atoms with Crippen molar-refractivity contribution in [2.24, 2.45) is 0 Å². The number of para-hydroxylation sites is 1. The van der Waals surface area contributed by atoms with Crippen LogP contribution in [0.4, 0.5) is 11.4 Å². The third-order valence-electron chi connectivity index (χ3n) is 3.84. The van der Waals surface area contributed by atoms with Crippen molar-refractivity contribution < 1.29 is 24.0 Å². The summed E-state index contributed by atoms with van der Waals surface area (Å²) in [6, 6.07) is 12.7. The molecule has 0 radical (unpaired) electrons. The molecule has 0 spiro atoms. The van der Waals surface area contributed by atoms with Gasteiger partial charge in [0.2, 0.25) is 0 Å². The molecule has 148 valence electrons. The number of esters is 1. The molecule has 2 rings (SSSR count). The topological polar surface area (TPSA) is 99.0 Å². The molecule has 0 unspecified atom stereocenters. The maximum atomic E-state index is 12.6. The zero-order chi connectivity index (χ0) is 20.7. The van der Waals surface area contributed by atoms with E-state index >= 15 is 0 Å². The molecule has 0 saturated carbocycles. The summed E-state index contributed by atoms with van der Waals surface area (Å²) in [5, 5.41) is 11.2. The Kier molecular flexibility index (Phi) is 7.08. The third kappa shape index (κ3) is 5.06. The molecule has 8 nitrogen and oxygen atoms in total. The number of benzene rings is 2. The minimum Gasteiger partial charge on any atom is -0.487 e. The zero-order valence-corrected chi connectivity index (χ0v) is 16.0. The standard InChI is InChI=1S/C20H22N2O6/c1-4-27-18-11-10-15(12-17(18)22(25)26)20(24)28-13-19(23)21(14(2)3)16-8-6-5-7-9-16/h5-12,14H,4,13H2,1-3H3. The van der Waals surface area contributed by atoms with Crippen molar-refractivity contribution in [3.05, 3.63) is 64.2 Å². The molecule has 8 heteroatoms. The lowest BCUT2D eigenvalue weighted by Gasteiger charge is -2.26. The van der Waals surface area contributed by atoms with Gasteiger partial charge in [-0.05, 0) is 45.0 Å². The second-order valence-electron chi connectivity index (χ2n) is 6.14. The molecule has 0 bridgehead atoms. The van der Waals surface area contributed by atoms with Crippen molar-refractivity contribution in [1.82, 2.24) is 0 Å². The highest BCUT2D eigenvalue weighted by atomic mass is 16.6. The number of hydrogen-bond acceptors (Lipinski definition) is 6. The number of anilines is 1. The van der Waals surface area contributed by atoms with E-state index in [0.717, 1.165) is 6.07 Å². The molecule has 0 atom stereocenters. The molecule has 2 aromatic carbocycles.